The van der Waals surface area contributed by atoms with Gasteiger partial charge in [-0.2, -0.15) is 8.42 Å². The van der Waals surface area contributed by atoms with Crippen LogP contribution in [0.2, 0.25) is 2.66 Å². The maximum Gasteiger partial charge on any atom is 0.321 e. The molecule has 0 aromatic heterocycles. The van der Waals surface area contributed by atoms with E-state index in [-0.39, 0.29) is 0 Å². The molecule has 0 atom stereocenters. The van der Waals surface area contributed by atoms with E-state index in [9.17, 15) is 13.2 Å². The molecular weight excluding hydrogens is 279 g/mol. The zero-order valence-electron chi connectivity index (χ0n) is 12.5. The van der Waals surface area contributed by atoms with E-state index < -0.39 is 21.8 Å². The molecule has 110 valence electrons. The molecule has 5 nitrogen and oxygen atoms in total. The van der Waals surface area contributed by atoms with Gasteiger partial charge in [-0.15, -0.1) is 0 Å². The van der Waals surface area contributed by atoms with Gasteiger partial charge >= 0.3 is 95.9 Å². The summed E-state index contributed by atoms with van der Waals surface area (Å²) in [6.07, 6.45) is 8.55. The summed E-state index contributed by atoms with van der Waals surface area (Å²) in [5.74, 6) is -2.79. The van der Waals surface area contributed by atoms with Crippen LogP contribution < -0.4 is 0 Å². The first kappa shape index (κ1) is 21.7. The Hall–Kier alpha value is 0.380. The maximum absolute atomic E-state index is 9.62. The molecule has 0 radical (unpaired) electrons. The van der Waals surface area contributed by atoms with Crippen molar-refractivity contribution >= 4 is 44.0 Å². The summed E-state index contributed by atoms with van der Waals surface area (Å²) in [6, 6.07) is 0. The Morgan fingerprint density at radius 2 is 1.63 bits per heavy atom. The van der Waals surface area contributed by atoms with Crippen LogP contribution in [-0.2, 0) is 14.9 Å². The number of rotatable bonds is 8. The Bertz CT molecular complexity index is 336. The van der Waals surface area contributed by atoms with Crippen LogP contribution in [0, 0.1) is 0 Å². The van der Waals surface area contributed by atoms with Crippen LogP contribution in [0.1, 0.15) is 59.3 Å². The summed E-state index contributed by atoms with van der Waals surface area (Å²) in [5, 5.41) is 7.71. The van der Waals surface area contributed by atoms with E-state index in [1.165, 1.54) is 66.5 Å². The third-order valence-electron chi connectivity index (χ3n) is 3.40. The van der Waals surface area contributed by atoms with Crippen molar-refractivity contribution in [3.8, 4) is 0 Å². The van der Waals surface area contributed by atoms with E-state index >= 15 is 0 Å². The molecule has 0 aromatic rings. The Balaban J connectivity index is 0. The van der Waals surface area contributed by atoms with Crippen molar-refractivity contribution in [3.05, 3.63) is 0 Å². The quantitative estimate of drug-likeness (QED) is 0.408. The van der Waals surface area contributed by atoms with Crippen molar-refractivity contribution < 1.29 is 22.9 Å². The predicted octanol–water partition coefficient (Wildman–Crippen LogP) is 2.67. The third kappa shape index (κ3) is 16.3. The fourth-order valence-corrected chi connectivity index (χ4v) is 2.23. The number of carboxylic acids is 1. The summed E-state index contributed by atoms with van der Waals surface area (Å²) in [5.41, 5.74) is 0. The van der Waals surface area contributed by atoms with E-state index in [1.54, 1.807) is 0 Å². The van der Waals surface area contributed by atoms with Gasteiger partial charge in [0.1, 0.15) is 0 Å². The fraction of sp³-hybridized carbons (Fsp3) is 0.917. The summed E-state index contributed by atoms with van der Waals surface area (Å²) in [6.45, 7) is 6.98. The molecule has 0 aromatic carbocycles. The van der Waals surface area contributed by atoms with Crippen LogP contribution in [0.5, 0.6) is 0 Å². The van der Waals surface area contributed by atoms with Gasteiger partial charge in [-0.25, -0.2) is 0 Å². The first-order chi connectivity index (χ1) is 8.60. The van der Waals surface area contributed by atoms with Crippen molar-refractivity contribution in [1.82, 2.24) is 0 Å². The summed E-state index contributed by atoms with van der Waals surface area (Å²) in [4.78, 5) is 9.48. The van der Waals surface area contributed by atoms with E-state index in [0.29, 0.717) is 0 Å². The minimum atomic E-state index is -4.32. The molecule has 0 saturated carbocycles. The zero-order chi connectivity index (χ0) is 15.5. The third-order valence-corrected chi connectivity index (χ3v) is 5.92. The standard InChI is InChI=1S/C10H21.C2H4O5S.Na/c1-4-7-8-9-10(5-2)6-3;3-2(4)1-8(5,6)7;/h4-9H2,1-3H3;1H2,(H,3,4)(H,5,6,7);. The van der Waals surface area contributed by atoms with Crippen molar-refractivity contribution in [1.29, 1.82) is 0 Å². The van der Waals surface area contributed by atoms with Gasteiger partial charge in [0.25, 0.3) is 10.1 Å². The van der Waals surface area contributed by atoms with Crippen molar-refractivity contribution in [3.63, 3.8) is 0 Å². The molecule has 0 bridgehead atoms. The maximum atomic E-state index is 9.62. The van der Waals surface area contributed by atoms with E-state index in [0.717, 1.165) is 2.66 Å². The van der Waals surface area contributed by atoms with E-state index in [2.05, 4.69) is 20.8 Å². The summed E-state index contributed by atoms with van der Waals surface area (Å²) >= 11 is 1.39. The molecule has 0 amide bonds. The first-order valence-corrected chi connectivity index (χ1v) is 9.38. The SMILES string of the molecule is CCCCC[C]([Na])(CC)CC.O=C(O)CS(=O)(=O)O. The van der Waals surface area contributed by atoms with Gasteiger partial charge in [0.05, 0.1) is 0 Å². The zero-order valence-corrected chi connectivity index (χ0v) is 15.3. The normalized spacial score (nSPS) is 11.7. The van der Waals surface area contributed by atoms with Crippen molar-refractivity contribution in [2.24, 2.45) is 0 Å². The van der Waals surface area contributed by atoms with Gasteiger partial charge in [0.2, 0.25) is 0 Å². The van der Waals surface area contributed by atoms with Gasteiger partial charge in [0.15, 0.2) is 5.75 Å². The molecule has 2 N–H and O–H groups in total. The van der Waals surface area contributed by atoms with E-state index in [1.807, 2.05) is 0 Å². The molecule has 0 aliphatic heterocycles. The van der Waals surface area contributed by atoms with Crippen LogP contribution in [0.4, 0.5) is 0 Å². The Morgan fingerprint density at radius 1 is 1.16 bits per heavy atom. The monoisotopic (exact) mass is 304 g/mol. The van der Waals surface area contributed by atoms with Crippen LogP contribution >= 0.6 is 0 Å². The molecule has 0 spiro atoms. The van der Waals surface area contributed by atoms with Gasteiger partial charge in [-0.1, -0.05) is 0 Å². The van der Waals surface area contributed by atoms with Crippen LogP contribution in [-0.4, -0.2) is 57.7 Å². The molecule has 0 aliphatic rings. The molecule has 0 saturated heterocycles. The second-order valence-electron chi connectivity index (χ2n) is 5.09. The minimum absolute atomic E-state index is 0.773. The number of carbonyl (C=O) groups is 1. The second kappa shape index (κ2) is 11.1. The molecule has 0 rings (SSSR count). The average Bonchev–Trinajstić information content (AvgIpc) is 2.26. The largest absolute Gasteiger partial charge is 0.480 e. The summed E-state index contributed by atoms with van der Waals surface area (Å²) < 4.78 is 27.8. The van der Waals surface area contributed by atoms with Crippen molar-refractivity contribution in [2.45, 2.75) is 62.0 Å². The number of carboxylic acid groups (broad SMARTS) is 1. The molecular formula is C12H25NaO5S. The number of hydrogen-bond donors (Lipinski definition) is 2. The van der Waals surface area contributed by atoms with E-state index in [4.69, 9.17) is 9.66 Å². The van der Waals surface area contributed by atoms with Crippen molar-refractivity contribution in [2.75, 3.05) is 5.75 Å². The van der Waals surface area contributed by atoms with Gasteiger partial charge in [-0.3, -0.25) is 9.35 Å². The number of hydrogen-bond acceptors (Lipinski definition) is 3. The Morgan fingerprint density at radius 3 is 1.84 bits per heavy atom. The van der Waals surface area contributed by atoms with Crippen LogP contribution in [0.3, 0.4) is 0 Å². The molecule has 7 heteroatoms. The molecule has 0 unspecified atom stereocenters. The molecule has 0 fully saturated rings. The Kier molecular flexibility index (Phi) is 12.6. The molecule has 19 heavy (non-hydrogen) atoms. The second-order valence-corrected chi connectivity index (χ2v) is 8.67. The van der Waals surface area contributed by atoms with Gasteiger partial charge in [0, 0.05) is 0 Å². The Labute approximate surface area is 134 Å². The number of unbranched alkanes of at least 4 members (excludes halogenated alkanes) is 2. The van der Waals surface area contributed by atoms with Gasteiger partial charge in [-0.05, 0) is 0 Å². The first-order valence-electron chi connectivity index (χ1n) is 6.77. The smallest absolute Gasteiger partial charge is 0.321 e. The topological polar surface area (TPSA) is 91.7 Å². The fourth-order valence-electron chi connectivity index (χ4n) is 1.56. The molecule has 0 aliphatic carbocycles. The minimum Gasteiger partial charge on any atom is -0.480 e. The average molecular weight is 304 g/mol. The van der Waals surface area contributed by atoms with Crippen LogP contribution in [0.15, 0.2) is 0 Å². The number of aliphatic carboxylic acids is 1. The van der Waals surface area contributed by atoms with Crippen LogP contribution in [0.25, 0.3) is 0 Å². The predicted molar refractivity (Wildman–Crippen MR) is 77.2 cm³/mol. The molecule has 0 heterocycles. The summed E-state index contributed by atoms with van der Waals surface area (Å²) in [7, 11) is -4.32. The van der Waals surface area contributed by atoms with Gasteiger partial charge < -0.3 is 5.11 Å².